The Hall–Kier alpha value is -1.99. The van der Waals surface area contributed by atoms with E-state index in [1.165, 1.54) is 0 Å². The van der Waals surface area contributed by atoms with E-state index in [4.69, 9.17) is 0 Å². The molecule has 0 spiro atoms. The van der Waals surface area contributed by atoms with Crippen LogP contribution >= 0.6 is 11.3 Å². The van der Waals surface area contributed by atoms with E-state index in [0.29, 0.717) is 11.4 Å². The zero-order valence-corrected chi connectivity index (χ0v) is 14.3. The fraction of sp³-hybridized carbons (Fsp3) is 0.438. The summed E-state index contributed by atoms with van der Waals surface area (Å²) in [5.41, 5.74) is 1.81. The summed E-state index contributed by atoms with van der Waals surface area (Å²) in [5.74, 6) is 0.793. The molecule has 0 atom stereocenters. The molecule has 0 aliphatic carbocycles. The van der Waals surface area contributed by atoms with Gasteiger partial charge in [-0.15, -0.1) is 11.3 Å². The molecule has 3 heterocycles. The van der Waals surface area contributed by atoms with Crippen molar-refractivity contribution in [1.29, 1.82) is 0 Å². The van der Waals surface area contributed by atoms with Crippen LogP contribution in [0.1, 0.15) is 21.1 Å². The van der Waals surface area contributed by atoms with Gasteiger partial charge in [-0.2, -0.15) is 0 Å². The predicted molar refractivity (Wildman–Crippen MR) is 91.8 cm³/mol. The molecule has 0 unspecified atom stereocenters. The third kappa shape index (κ3) is 3.86. The van der Waals surface area contributed by atoms with Crippen LogP contribution in [0.5, 0.6) is 0 Å². The Labute approximate surface area is 140 Å². The Morgan fingerprint density at radius 3 is 2.78 bits per heavy atom. The van der Waals surface area contributed by atoms with Crippen LogP contribution in [0.25, 0.3) is 0 Å². The number of anilines is 1. The third-order valence-corrected chi connectivity index (χ3v) is 4.80. The van der Waals surface area contributed by atoms with Gasteiger partial charge < -0.3 is 10.2 Å². The molecule has 0 bridgehead atoms. The van der Waals surface area contributed by atoms with E-state index in [-0.39, 0.29) is 5.91 Å². The molecule has 23 heavy (non-hydrogen) atoms. The van der Waals surface area contributed by atoms with Crippen molar-refractivity contribution in [2.75, 3.05) is 38.5 Å². The maximum absolute atomic E-state index is 12.6. The first-order valence-corrected chi connectivity index (χ1v) is 8.60. The molecule has 0 saturated carbocycles. The normalized spacial score (nSPS) is 15.7. The monoisotopic (exact) mass is 331 g/mol. The van der Waals surface area contributed by atoms with Crippen molar-refractivity contribution in [1.82, 2.24) is 19.8 Å². The number of carbonyl (C=O) groups excluding carboxylic acids is 1. The standard InChI is InChI=1S/C16H21N5OS/c1-12-19-14(11-23-12)10-20-5-7-21(8-6-20)16(22)13-3-4-18-15(9-13)17-2/h3-4,9,11H,5-8,10H2,1-2H3,(H,17,18). The summed E-state index contributed by atoms with van der Waals surface area (Å²) in [6.07, 6.45) is 1.67. The number of amides is 1. The summed E-state index contributed by atoms with van der Waals surface area (Å²) >= 11 is 1.68. The number of nitrogens with one attached hydrogen (secondary N) is 1. The average Bonchev–Trinajstić information content (AvgIpc) is 3.00. The van der Waals surface area contributed by atoms with Gasteiger partial charge >= 0.3 is 0 Å². The van der Waals surface area contributed by atoms with Crippen molar-refractivity contribution in [3.05, 3.63) is 40.0 Å². The number of piperazine rings is 1. The van der Waals surface area contributed by atoms with Gasteiger partial charge in [-0.05, 0) is 19.1 Å². The van der Waals surface area contributed by atoms with Crippen LogP contribution in [0.15, 0.2) is 23.7 Å². The van der Waals surface area contributed by atoms with Crippen LogP contribution in [-0.2, 0) is 6.54 Å². The number of hydrogen-bond donors (Lipinski definition) is 1. The van der Waals surface area contributed by atoms with Gasteiger partial charge in [-0.25, -0.2) is 9.97 Å². The summed E-state index contributed by atoms with van der Waals surface area (Å²) in [7, 11) is 1.80. The van der Waals surface area contributed by atoms with Gasteiger partial charge in [0.1, 0.15) is 5.82 Å². The molecule has 1 aliphatic rings. The lowest BCUT2D eigenvalue weighted by Gasteiger charge is -2.34. The molecule has 0 radical (unpaired) electrons. The lowest BCUT2D eigenvalue weighted by Crippen LogP contribution is -2.48. The van der Waals surface area contributed by atoms with Crippen LogP contribution < -0.4 is 5.32 Å². The Kier molecular flexibility index (Phi) is 4.88. The molecule has 122 valence electrons. The molecule has 2 aromatic rings. The van der Waals surface area contributed by atoms with Crippen molar-refractivity contribution >= 4 is 23.1 Å². The molecule has 1 fully saturated rings. The maximum Gasteiger partial charge on any atom is 0.254 e. The highest BCUT2D eigenvalue weighted by molar-refractivity contribution is 7.09. The summed E-state index contributed by atoms with van der Waals surface area (Å²) in [5, 5.41) is 6.18. The fourth-order valence-corrected chi connectivity index (χ4v) is 3.31. The second kappa shape index (κ2) is 7.06. The molecule has 7 heteroatoms. The maximum atomic E-state index is 12.6. The first-order chi connectivity index (χ1) is 11.2. The topological polar surface area (TPSA) is 61.4 Å². The van der Waals surface area contributed by atoms with E-state index in [1.807, 2.05) is 11.8 Å². The summed E-state index contributed by atoms with van der Waals surface area (Å²) in [6, 6.07) is 3.57. The van der Waals surface area contributed by atoms with Crippen LogP contribution in [0, 0.1) is 6.92 Å². The number of hydrogen-bond acceptors (Lipinski definition) is 6. The lowest BCUT2D eigenvalue weighted by atomic mass is 10.2. The molecule has 1 saturated heterocycles. The quantitative estimate of drug-likeness (QED) is 0.926. The SMILES string of the molecule is CNc1cc(C(=O)N2CCN(Cc3csc(C)n3)CC2)ccn1. The smallest absolute Gasteiger partial charge is 0.254 e. The highest BCUT2D eigenvalue weighted by Gasteiger charge is 2.22. The first kappa shape index (κ1) is 15.9. The van der Waals surface area contributed by atoms with Crippen LogP contribution in [0.4, 0.5) is 5.82 Å². The third-order valence-electron chi connectivity index (χ3n) is 3.97. The largest absolute Gasteiger partial charge is 0.373 e. The van der Waals surface area contributed by atoms with E-state index in [1.54, 1.807) is 36.7 Å². The molecular weight excluding hydrogens is 310 g/mol. The minimum atomic E-state index is 0.0769. The van der Waals surface area contributed by atoms with Gasteiger partial charge in [0.05, 0.1) is 10.7 Å². The molecule has 1 amide bonds. The van der Waals surface area contributed by atoms with Crippen LogP contribution in [0.3, 0.4) is 0 Å². The molecule has 2 aromatic heterocycles. The van der Waals surface area contributed by atoms with Crippen LogP contribution in [0.2, 0.25) is 0 Å². The number of rotatable bonds is 4. The number of thiazole rings is 1. The highest BCUT2D eigenvalue weighted by Crippen LogP contribution is 2.14. The Balaban J connectivity index is 1.56. The van der Waals surface area contributed by atoms with Crippen LogP contribution in [-0.4, -0.2) is 58.9 Å². The van der Waals surface area contributed by atoms with Gasteiger partial charge in [0.2, 0.25) is 0 Å². The zero-order chi connectivity index (χ0) is 16.2. The van der Waals surface area contributed by atoms with E-state index in [2.05, 4.69) is 25.6 Å². The predicted octanol–water partition coefficient (Wildman–Crippen LogP) is 1.85. The number of carbonyl (C=O) groups is 1. The second-order valence-electron chi connectivity index (χ2n) is 5.61. The fourth-order valence-electron chi connectivity index (χ4n) is 2.70. The Morgan fingerprint density at radius 1 is 1.35 bits per heavy atom. The minimum absolute atomic E-state index is 0.0769. The lowest BCUT2D eigenvalue weighted by molar-refractivity contribution is 0.0627. The summed E-state index contributed by atoms with van der Waals surface area (Å²) in [6.45, 7) is 6.15. The molecule has 0 aromatic carbocycles. The molecule has 1 aliphatic heterocycles. The number of aryl methyl sites for hydroxylation is 1. The van der Waals surface area contributed by atoms with Gasteiger partial charge in [0, 0.05) is 56.9 Å². The van der Waals surface area contributed by atoms with Crippen molar-refractivity contribution in [2.24, 2.45) is 0 Å². The first-order valence-electron chi connectivity index (χ1n) is 7.72. The van der Waals surface area contributed by atoms with E-state index in [0.717, 1.165) is 43.4 Å². The van der Waals surface area contributed by atoms with Crippen molar-refractivity contribution in [3.8, 4) is 0 Å². The molecule has 6 nitrogen and oxygen atoms in total. The number of aromatic nitrogens is 2. The van der Waals surface area contributed by atoms with E-state index >= 15 is 0 Å². The van der Waals surface area contributed by atoms with E-state index < -0.39 is 0 Å². The zero-order valence-electron chi connectivity index (χ0n) is 13.5. The average molecular weight is 331 g/mol. The van der Waals surface area contributed by atoms with E-state index in [9.17, 15) is 4.79 Å². The Morgan fingerprint density at radius 2 is 2.13 bits per heavy atom. The van der Waals surface area contributed by atoms with Gasteiger partial charge in [0.15, 0.2) is 0 Å². The summed E-state index contributed by atoms with van der Waals surface area (Å²) < 4.78 is 0. The molecule has 1 N–H and O–H groups in total. The highest BCUT2D eigenvalue weighted by atomic mass is 32.1. The molecular formula is C16H21N5OS. The van der Waals surface area contributed by atoms with Crippen molar-refractivity contribution in [2.45, 2.75) is 13.5 Å². The number of pyridine rings is 1. The second-order valence-corrected chi connectivity index (χ2v) is 6.67. The summed E-state index contributed by atoms with van der Waals surface area (Å²) in [4.78, 5) is 25.5. The van der Waals surface area contributed by atoms with Gasteiger partial charge in [-0.3, -0.25) is 9.69 Å². The van der Waals surface area contributed by atoms with Gasteiger partial charge in [0.25, 0.3) is 5.91 Å². The Bertz CT molecular complexity index is 679. The van der Waals surface area contributed by atoms with Gasteiger partial charge in [-0.1, -0.05) is 0 Å². The number of nitrogens with zero attached hydrogens (tertiary/aromatic N) is 4. The van der Waals surface area contributed by atoms with Crippen molar-refractivity contribution in [3.63, 3.8) is 0 Å². The molecule has 3 rings (SSSR count). The van der Waals surface area contributed by atoms with Crippen molar-refractivity contribution < 1.29 is 4.79 Å². The minimum Gasteiger partial charge on any atom is -0.373 e.